The zero-order chi connectivity index (χ0) is 13.7. The van der Waals surface area contributed by atoms with Gasteiger partial charge in [0.1, 0.15) is 12.4 Å². The van der Waals surface area contributed by atoms with Crippen LogP contribution in [0.3, 0.4) is 0 Å². The lowest BCUT2D eigenvalue weighted by Crippen LogP contribution is -2.12. The summed E-state index contributed by atoms with van der Waals surface area (Å²) in [6, 6.07) is 3.19. The number of aromatic nitrogens is 2. The van der Waals surface area contributed by atoms with Crippen molar-refractivity contribution in [3.8, 4) is 11.8 Å². The van der Waals surface area contributed by atoms with E-state index in [9.17, 15) is 4.79 Å². The third kappa shape index (κ3) is 3.40. The summed E-state index contributed by atoms with van der Waals surface area (Å²) in [5.41, 5.74) is 0.906. The number of carbonyl (C=O) groups excluding carboxylic acids is 1. The van der Waals surface area contributed by atoms with Crippen molar-refractivity contribution in [2.24, 2.45) is 0 Å². The van der Waals surface area contributed by atoms with Crippen molar-refractivity contribution in [2.75, 3.05) is 11.9 Å². The van der Waals surface area contributed by atoms with Crippen LogP contribution in [0.2, 0.25) is 0 Å². The molecule has 6 nitrogen and oxygen atoms in total. The second-order valence-corrected chi connectivity index (χ2v) is 3.70. The van der Waals surface area contributed by atoms with Crippen LogP contribution in [0.25, 0.3) is 0 Å². The van der Waals surface area contributed by atoms with E-state index in [1.807, 2.05) is 0 Å². The molecule has 0 fully saturated rings. The van der Waals surface area contributed by atoms with E-state index in [0.29, 0.717) is 22.7 Å². The van der Waals surface area contributed by atoms with Crippen LogP contribution in [0.5, 0.6) is 0 Å². The van der Waals surface area contributed by atoms with Crippen LogP contribution < -0.4 is 5.32 Å². The Balaban J connectivity index is 2.15. The lowest BCUT2D eigenvalue weighted by atomic mass is 10.2. The average molecular weight is 257 g/mol. The summed E-state index contributed by atoms with van der Waals surface area (Å²) in [4.78, 5) is 15.8. The van der Waals surface area contributed by atoms with Crippen LogP contribution in [0.4, 0.5) is 5.82 Å². The largest absolute Gasteiger partial charge is 0.384 e. The van der Waals surface area contributed by atoms with Gasteiger partial charge in [0.25, 0.3) is 5.91 Å². The third-order valence-electron chi connectivity index (χ3n) is 2.18. The summed E-state index contributed by atoms with van der Waals surface area (Å²) in [6.07, 6.45) is 2.94. The molecule has 2 aromatic rings. The van der Waals surface area contributed by atoms with Crippen molar-refractivity contribution < 1.29 is 14.4 Å². The van der Waals surface area contributed by atoms with Gasteiger partial charge < -0.3 is 14.9 Å². The van der Waals surface area contributed by atoms with Gasteiger partial charge in [-0.2, -0.15) is 0 Å². The smallest absolute Gasteiger partial charge is 0.258 e. The molecule has 0 saturated carbocycles. The van der Waals surface area contributed by atoms with Gasteiger partial charge in [-0.3, -0.25) is 9.78 Å². The summed E-state index contributed by atoms with van der Waals surface area (Å²) in [6.45, 7) is 1.49. The summed E-state index contributed by atoms with van der Waals surface area (Å²) in [5.74, 6) is 5.77. The number of carbonyl (C=O) groups is 1. The molecule has 2 heterocycles. The molecule has 2 rings (SSSR count). The Morgan fingerprint density at radius 2 is 2.32 bits per heavy atom. The molecule has 0 bridgehead atoms. The van der Waals surface area contributed by atoms with Crippen LogP contribution in [0.1, 0.15) is 21.7 Å². The van der Waals surface area contributed by atoms with Crippen LogP contribution in [0, 0.1) is 18.8 Å². The van der Waals surface area contributed by atoms with Gasteiger partial charge in [0.15, 0.2) is 5.82 Å². The highest BCUT2D eigenvalue weighted by atomic mass is 16.5. The Morgan fingerprint density at radius 1 is 1.47 bits per heavy atom. The van der Waals surface area contributed by atoms with E-state index < -0.39 is 0 Å². The highest BCUT2D eigenvalue weighted by molar-refractivity contribution is 6.03. The molecule has 0 saturated heterocycles. The minimum atomic E-state index is -0.353. The first kappa shape index (κ1) is 12.8. The van der Waals surface area contributed by atoms with Crippen molar-refractivity contribution in [3.63, 3.8) is 0 Å². The normalized spacial score (nSPS) is 9.58. The molecule has 19 heavy (non-hydrogen) atoms. The van der Waals surface area contributed by atoms with Crippen molar-refractivity contribution >= 4 is 11.7 Å². The molecule has 2 N–H and O–H groups in total. The summed E-state index contributed by atoms with van der Waals surface area (Å²) < 4.78 is 4.85. The predicted octanol–water partition coefficient (Wildman–Crippen LogP) is 0.974. The average Bonchev–Trinajstić information content (AvgIpc) is 2.82. The molecule has 0 aromatic carbocycles. The molecular weight excluding hydrogens is 246 g/mol. The highest BCUT2D eigenvalue weighted by Gasteiger charge is 2.09. The zero-order valence-electron chi connectivity index (χ0n) is 10.2. The standard InChI is InChI=1S/C13H11N3O3/c1-9-5-12(16-19-9)15-13(18)11-6-10(3-2-4-17)7-14-8-11/h5-8,17H,4H2,1H3,(H,15,16,18). The minimum Gasteiger partial charge on any atom is -0.384 e. The number of aryl methyl sites for hydroxylation is 1. The first-order chi connectivity index (χ1) is 9.19. The lowest BCUT2D eigenvalue weighted by Gasteiger charge is -2.01. The van der Waals surface area contributed by atoms with Crippen molar-refractivity contribution in [1.82, 2.24) is 10.1 Å². The van der Waals surface area contributed by atoms with Gasteiger partial charge in [0.05, 0.1) is 5.56 Å². The van der Waals surface area contributed by atoms with Gasteiger partial charge in [0, 0.05) is 24.0 Å². The van der Waals surface area contributed by atoms with Crippen LogP contribution in [-0.4, -0.2) is 27.8 Å². The Morgan fingerprint density at radius 3 is 3.00 bits per heavy atom. The second kappa shape index (κ2) is 5.80. The van der Waals surface area contributed by atoms with Crippen molar-refractivity contribution in [2.45, 2.75) is 6.92 Å². The van der Waals surface area contributed by atoms with E-state index in [-0.39, 0.29) is 12.5 Å². The van der Waals surface area contributed by atoms with Crippen LogP contribution in [-0.2, 0) is 0 Å². The van der Waals surface area contributed by atoms with Gasteiger partial charge in [-0.05, 0) is 13.0 Å². The molecule has 0 spiro atoms. The van der Waals surface area contributed by atoms with E-state index in [1.54, 1.807) is 19.1 Å². The fourth-order valence-electron chi connectivity index (χ4n) is 1.39. The zero-order valence-corrected chi connectivity index (χ0v) is 10.2. The molecule has 0 aliphatic heterocycles. The molecule has 1 amide bonds. The third-order valence-corrected chi connectivity index (χ3v) is 2.18. The van der Waals surface area contributed by atoms with Gasteiger partial charge in [0.2, 0.25) is 0 Å². The van der Waals surface area contributed by atoms with Gasteiger partial charge in [-0.25, -0.2) is 0 Å². The Labute approximate surface area is 109 Å². The molecule has 0 radical (unpaired) electrons. The number of anilines is 1. The maximum absolute atomic E-state index is 11.9. The molecule has 0 aliphatic carbocycles. The number of aliphatic hydroxyl groups is 1. The van der Waals surface area contributed by atoms with E-state index >= 15 is 0 Å². The number of aliphatic hydroxyl groups excluding tert-OH is 1. The predicted molar refractivity (Wildman–Crippen MR) is 67.4 cm³/mol. The lowest BCUT2D eigenvalue weighted by molar-refractivity contribution is 0.102. The van der Waals surface area contributed by atoms with Crippen LogP contribution in [0.15, 0.2) is 29.0 Å². The summed E-state index contributed by atoms with van der Waals surface area (Å²) in [7, 11) is 0. The maximum atomic E-state index is 11.9. The molecule has 2 aromatic heterocycles. The number of nitrogens with one attached hydrogen (secondary N) is 1. The summed E-state index contributed by atoms with van der Waals surface area (Å²) >= 11 is 0. The Bertz CT molecular complexity index is 652. The molecule has 0 unspecified atom stereocenters. The number of rotatable bonds is 2. The van der Waals surface area contributed by atoms with E-state index in [1.165, 1.54) is 12.4 Å². The van der Waals surface area contributed by atoms with E-state index in [2.05, 4.69) is 27.3 Å². The fraction of sp³-hybridized carbons (Fsp3) is 0.154. The van der Waals surface area contributed by atoms with Crippen molar-refractivity contribution in [1.29, 1.82) is 0 Å². The minimum absolute atomic E-state index is 0.241. The topological polar surface area (TPSA) is 88.2 Å². The summed E-state index contributed by atoms with van der Waals surface area (Å²) in [5, 5.41) is 14.9. The highest BCUT2D eigenvalue weighted by Crippen LogP contribution is 2.09. The van der Waals surface area contributed by atoms with Crippen molar-refractivity contribution in [3.05, 3.63) is 41.4 Å². The molecule has 0 atom stereocenters. The maximum Gasteiger partial charge on any atom is 0.258 e. The number of hydrogen-bond acceptors (Lipinski definition) is 5. The molecule has 6 heteroatoms. The van der Waals surface area contributed by atoms with E-state index in [0.717, 1.165) is 0 Å². The number of hydrogen-bond donors (Lipinski definition) is 2. The Hall–Kier alpha value is -2.65. The molecular formula is C13H11N3O3. The molecule has 96 valence electrons. The van der Waals surface area contributed by atoms with Gasteiger partial charge in [-0.1, -0.05) is 17.0 Å². The quantitative estimate of drug-likeness (QED) is 0.783. The first-order valence-electron chi connectivity index (χ1n) is 5.48. The SMILES string of the molecule is Cc1cc(NC(=O)c2cncc(C#CCO)c2)no1. The second-order valence-electron chi connectivity index (χ2n) is 3.70. The van der Waals surface area contributed by atoms with Crippen LogP contribution >= 0.6 is 0 Å². The number of nitrogens with zero attached hydrogens (tertiary/aromatic N) is 2. The fourth-order valence-corrected chi connectivity index (χ4v) is 1.39. The Kier molecular flexibility index (Phi) is 3.90. The van der Waals surface area contributed by atoms with E-state index in [4.69, 9.17) is 9.63 Å². The first-order valence-corrected chi connectivity index (χ1v) is 5.48. The van der Waals surface area contributed by atoms with Gasteiger partial charge >= 0.3 is 0 Å². The van der Waals surface area contributed by atoms with Gasteiger partial charge in [-0.15, -0.1) is 0 Å². The monoisotopic (exact) mass is 257 g/mol. The molecule has 0 aliphatic rings. The number of amides is 1. The number of pyridine rings is 1.